The summed E-state index contributed by atoms with van der Waals surface area (Å²) in [6.07, 6.45) is 5.62. The first kappa shape index (κ1) is 20.8. The Balaban J connectivity index is 1.60. The molecule has 2 atom stereocenters. The van der Waals surface area contributed by atoms with Crippen molar-refractivity contribution in [3.8, 4) is 11.1 Å². The molecule has 1 heteroatoms. The molecule has 0 nitrogen and oxygen atoms in total. The lowest BCUT2D eigenvalue weighted by atomic mass is 9.59. The van der Waals surface area contributed by atoms with Crippen LogP contribution in [0.25, 0.3) is 11.1 Å². The fourth-order valence-electron chi connectivity index (χ4n) is 6.49. The first-order chi connectivity index (χ1) is 16.2. The first-order valence-electron chi connectivity index (χ1n) is 12.2. The molecule has 0 heterocycles. The lowest BCUT2D eigenvalue weighted by molar-refractivity contribution is 0.395. The summed E-state index contributed by atoms with van der Waals surface area (Å²) in [7, 11) is 0. The zero-order valence-electron chi connectivity index (χ0n) is 19.2. The molecule has 0 fully saturated rings. The van der Waals surface area contributed by atoms with Crippen molar-refractivity contribution >= 4 is 11.6 Å². The lowest BCUT2D eigenvalue weighted by Crippen LogP contribution is -2.36. The van der Waals surface area contributed by atoms with E-state index in [2.05, 4.69) is 91.9 Å². The summed E-state index contributed by atoms with van der Waals surface area (Å²) in [5.41, 5.74) is 11.7. The van der Waals surface area contributed by atoms with Crippen LogP contribution < -0.4 is 0 Å². The minimum absolute atomic E-state index is 0.0555. The summed E-state index contributed by atoms with van der Waals surface area (Å²) in [6.45, 7) is 2.43. The van der Waals surface area contributed by atoms with Crippen molar-refractivity contribution in [1.82, 2.24) is 0 Å². The van der Waals surface area contributed by atoms with Crippen LogP contribution in [0, 0.1) is 0 Å². The number of halogens is 1. The summed E-state index contributed by atoms with van der Waals surface area (Å²) in [4.78, 5) is 0. The van der Waals surface area contributed by atoms with Gasteiger partial charge in [0, 0.05) is 10.4 Å². The van der Waals surface area contributed by atoms with Crippen molar-refractivity contribution in [2.45, 2.75) is 50.4 Å². The molecule has 6 rings (SSSR count). The summed E-state index contributed by atoms with van der Waals surface area (Å²) >= 11 is 6.56. The second-order valence-electron chi connectivity index (χ2n) is 9.90. The summed E-state index contributed by atoms with van der Waals surface area (Å²) in [5, 5.41) is 0.826. The number of aryl methyl sites for hydroxylation is 1. The highest BCUT2D eigenvalue weighted by Gasteiger charge is 2.42. The van der Waals surface area contributed by atoms with Gasteiger partial charge in [0.1, 0.15) is 0 Å². The predicted octanol–water partition coefficient (Wildman–Crippen LogP) is 8.53. The third-order valence-electron chi connectivity index (χ3n) is 8.05. The van der Waals surface area contributed by atoms with E-state index < -0.39 is 0 Å². The second kappa shape index (κ2) is 8.19. The fraction of sp³-hybridized carbons (Fsp3) is 0.250. The molecule has 33 heavy (non-hydrogen) atoms. The molecule has 164 valence electrons. The number of benzene rings is 4. The molecule has 4 aromatic rings. The Kier molecular flexibility index (Phi) is 5.15. The zero-order valence-corrected chi connectivity index (χ0v) is 19.9. The van der Waals surface area contributed by atoms with E-state index in [1.165, 1.54) is 39.8 Å². The van der Waals surface area contributed by atoms with Crippen LogP contribution in [0.3, 0.4) is 0 Å². The van der Waals surface area contributed by atoms with Crippen LogP contribution in [0.4, 0.5) is 0 Å². The molecule has 0 spiro atoms. The van der Waals surface area contributed by atoms with E-state index >= 15 is 0 Å². The van der Waals surface area contributed by atoms with E-state index in [9.17, 15) is 0 Å². The van der Waals surface area contributed by atoms with Gasteiger partial charge in [-0.1, -0.05) is 97.4 Å². The van der Waals surface area contributed by atoms with Crippen molar-refractivity contribution < 1.29 is 0 Å². The Morgan fingerprint density at radius 1 is 0.818 bits per heavy atom. The van der Waals surface area contributed by atoms with Crippen LogP contribution in [0.2, 0.25) is 5.02 Å². The maximum absolute atomic E-state index is 6.56. The topological polar surface area (TPSA) is 0 Å². The monoisotopic (exact) mass is 448 g/mol. The molecule has 2 aliphatic carbocycles. The lowest BCUT2D eigenvalue weighted by Gasteiger charge is -2.44. The van der Waals surface area contributed by atoms with E-state index in [-0.39, 0.29) is 5.41 Å². The van der Waals surface area contributed by atoms with Gasteiger partial charge < -0.3 is 0 Å². The SMILES string of the molecule is CC1CCC(Cc2ccccc2)(c2cccc(Cl)c2)c2ccc3c(c21)CCc1ccccc1-3. The normalized spacial score (nSPS) is 21.1. The van der Waals surface area contributed by atoms with Gasteiger partial charge in [0.25, 0.3) is 0 Å². The highest BCUT2D eigenvalue weighted by Crippen LogP contribution is 2.52. The molecule has 0 radical (unpaired) electrons. The fourth-order valence-corrected chi connectivity index (χ4v) is 6.68. The van der Waals surface area contributed by atoms with Crippen molar-refractivity contribution in [2.24, 2.45) is 0 Å². The van der Waals surface area contributed by atoms with Crippen LogP contribution >= 0.6 is 11.6 Å². The zero-order chi connectivity index (χ0) is 22.4. The highest BCUT2D eigenvalue weighted by molar-refractivity contribution is 6.30. The van der Waals surface area contributed by atoms with Gasteiger partial charge in [-0.25, -0.2) is 0 Å². The van der Waals surface area contributed by atoms with Gasteiger partial charge >= 0.3 is 0 Å². The third-order valence-corrected chi connectivity index (χ3v) is 8.28. The maximum Gasteiger partial charge on any atom is 0.0409 e. The van der Waals surface area contributed by atoms with Gasteiger partial charge in [0.05, 0.1) is 0 Å². The summed E-state index contributed by atoms with van der Waals surface area (Å²) in [6, 6.07) is 33.4. The van der Waals surface area contributed by atoms with Crippen LogP contribution in [0.1, 0.15) is 59.1 Å². The quantitative estimate of drug-likeness (QED) is 0.294. The van der Waals surface area contributed by atoms with E-state index in [0.717, 1.165) is 30.7 Å². The molecule has 0 aliphatic heterocycles. The van der Waals surface area contributed by atoms with Crippen molar-refractivity contribution in [2.75, 3.05) is 0 Å². The van der Waals surface area contributed by atoms with Crippen LogP contribution in [-0.4, -0.2) is 0 Å². The molecule has 0 saturated carbocycles. The van der Waals surface area contributed by atoms with Gasteiger partial charge in [0.2, 0.25) is 0 Å². The summed E-state index contributed by atoms with van der Waals surface area (Å²) in [5.74, 6) is 0.572. The van der Waals surface area contributed by atoms with E-state index in [1.807, 2.05) is 6.07 Å². The van der Waals surface area contributed by atoms with E-state index in [1.54, 1.807) is 11.1 Å². The number of rotatable bonds is 3. The maximum atomic E-state index is 6.56. The van der Waals surface area contributed by atoms with Gasteiger partial charge in [-0.05, 0) is 94.7 Å². The first-order valence-corrected chi connectivity index (χ1v) is 12.6. The largest absolute Gasteiger partial charge is 0.0843 e. The Bertz CT molecular complexity index is 1320. The number of hydrogen-bond donors (Lipinski definition) is 0. The average molecular weight is 449 g/mol. The Labute approximate surface area is 202 Å². The molecule has 4 aromatic carbocycles. The highest BCUT2D eigenvalue weighted by atomic mass is 35.5. The van der Waals surface area contributed by atoms with Crippen LogP contribution in [0.5, 0.6) is 0 Å². The Morgan fingerprint density at radius 3 is 2.48 bits per heavy atom. The molecule has 2 aliphatic rings. The Morgan fingerprint density at radius 2 is 1.64 bits per heavy atom. The minimum Gasteiger partial charge on any atom is -0.0843 e. The van der Waals surface area contributed by atoms with Gasteiger partial charge in [-0.15, -0.1) is 0 Å². The van der Waals surface area contributed by atoms with Gasteiger partial charge in [-0.3, -0.25) is 0 Å². The standard InChI is InChI=1S/C32H29Cl/c1-22-18-19-32(21-23-8-3-2-4-9-23,25-11-7-12-26(33)20-25)30-17-16-28-27-13-6-5-10-24(27)14-15-29(28)31(22)30/h2-13,16-17,20,22H,14-15,18-19,21H2,1H3. The summed E-state index contributed by atoms with van der Waals surface area (Å²) < 4.78 is 0. The number of fused-ring (bicyclic) bond motifs is 5. The van der Waals surface area contributed by atoms with Gasteiger partial charge in [0.15, 0.2) is 0 Å². The molecule has 0 aromatic heterocycles. The van der Waals surface area contributed by atoms with Crippen LogP contribution in [0.15, 0.2) is 91.0 Å². The third kappa shape index (κ3) is 3.44. The second-order valence-corrected chi connectivity index (χ2v) is 10.3. The molecule has 0 saturated heterocycles. The molecular weight excluding hydrogens is 420 g/mol. The van der Waals surface area contributed by atoms with Gasteiger partial charge in [-0.2, -0.15) is 0 Å². The molecular formula is C32H29Cl. The average Bonchev–Trinajstić information content (AvgIpc) is 2.86. The smallest absolute Gasteiger partial charge is 0.0409 e. The molecule has 0 amide bonds. The molecule has 0 bridgehead atoms. The van der Waals surface area contributed by atoms with E-state index in [4.69, 9.17) is 11.6 Å². The van der Waals surface area contributed by atoms with Crippen molar-refractivity contribution in [3.05, 3.63) is 129 Å². The van der Waals surface area contributed by atoms with Crippen molar-refractivity contribution in [1.29, 1.82) is 0 Å². The minimum atomic E-state index is -0.0555. The predicted molar refractivity (Wildman–Crippen MR) is 139 cm³/mol. The molecule has 0 N–H and O–H groups in total. The van der Waals surface area contributed by atoms with E-state index in [0.29, 0.717) is 5.92 Å². The number of hydrogen-bond acceptors (Lipinski definition) is 0. The molecule has 2 unspecified atom stereocenters. The Hall–Kier alpha value is -2.83. The van der Waals surface area contributed by atoms with Crippen molar-refractivity contribution in [3.63, 3.8) is 0 Å². The van der Waals surface area contributed by atoms with Crippen LogP contribution in [-0.2, 0) is 24.7 Å².